The van der Waals surface area contributed by atoms with Crippen LogP contribution in [0.4, 0.5) is 0 Å². The van der Waals surface area contributed by atoms with Crippen molar-refractivity contribution in [1.82, 2.24) is 29.4 Å². The average Bonchev–Trinajstić information content (AvgIpc) is 3.04. The highest BCUT2D eigenvalue weighted by Crippen LogP contribution is 2.21. The largest absolute Gasteiger partial charge is 0.495 e. The zero-order chi connectivity index (χ0) is 15.1. The summed E-state index contributed by atoms with van der Waals surface area (Å²) in [6.07, 6.45) is 3.03. The predicted octanol–water partition coefficient (Wildman–Crippen LogP) is 0.832. The summed E-state index contributed by atoms with van der Waals surface area (Å²) in [5.74, 6) is 0.945. The highest BCUT2D eigenvalue weighted by Gasteiger charge is 2.13. The lowest BCUT2D eigenvalue weighted by atomic mass is 10.2. The number of aromatic nitrogens is 6. The molecule has 4 rings (SSSR count). The zero-order valence-corrected chi connectivity index (χ0v) is 11.5. The van der Waals surface area contributed by atoms with E-state index >= 15 is 0 Å². The molecule has 3 heterocycles. The zero-order valence-electron chi connectivity index (χ0n) is 11.5. The van der Waals surface area contributed by atoms with Gasteiger partial charge in [0.25, 0.3) is 11.3 Å². The minimum absolute atomic E-state index is 0.214. The van der Waals surface area contributed by atoms with E-state index in [2.05, 4.69) is 20.3 Å². The third-order valence-electron chi connectivity index (χ3n) is 3.39. The number of pyridine rings is 1. The lowest BCUT2D eigenvalue weighted by molar-refractivity contribution is 0.412. The second-order valence-electron chi connectivity index (χ2n) is 4.57. The van der Waals surface area contributed by atoms with Crippen LogP contribution in [0.5, 0.6) is 5.75 Å². The second-order valence-corrected chi connectivity index (χ2v) is 4.57. The van der Waals surface area contributed by atoms with Gasteiger partial charge >= 0.3 is 0 Å². The number of hydrogen-bond donors (Lipinski definition) is 0. The van der Waals surface area contributed by atoms with Crippen LogP contribution in [0.1, 0.15) is 0 Å². The number of nitrogens with zero attached hydrogens (tertiary/aromatic N) is 6. The maximum atomic E-state index is 12.7. The van der Waals surface area contributed by atoms with Crippen molar-refractivity contribution in [3.8, 4) is 11.4 Å². The third-order valence-corrected chi connectivity index (χ3v) is 3.39. The fraction of sp³-hybridized carbons (Fsp3) is 0.0714. The first-order valence-electron chi connectivity index (χ1n) is 6.51. The van der Waals surface area contributed by atoms with Crippen LogP contribution in [0.25, 0.3) is 22.5 Å². The molecule has 1 aromatic carbocycles. The summed E-state index contributed by atoms with van der Waals surface area (Å²) in [6, 6.07) is 9.01. The van der Waals surface area contributed by atoms with Gasteiger partial charge in [-0.25, -0.2) is 0 Å². The Hall–Kier alpha value is -3.29. The number of hydrogen-bond acceptors (Lipinski definition) is 6. The molecule has 4 aromatic rings. The monoisotopic (exact) mass is 294 g/mol. The summed E-state index contributed by atoms with van der Waals surface area (Å²) < 4.78 is 8.25. The first-order chi connectivity index (χ1) is 10.8. The van der Waals surface area contributed by atoms with Crippen molar-refractivity contribution in [1.29, 1.82) is 0 Å². The van der Waals surface area contributed by atoms with Crippen LogP contribution < -0.4 is 10.3 Å². The van der Waals surface area contributed by atoms with E-state index < -0.39 is 0 Å². The van der Waals surface area contributed by atoms with Gasteiger partial charge in [0.15, 0.2) is 5.52 Å². The molecule has 0 N–H and O–H groups in total. The van der Waals surface area contributed by atoms with Gasteiger partial charge in [0.05, 0.1) is 12.8 Å². The van der Waals surface area contributed by atoms with E-state index in [1.54, 1.807) is 31.5 Å². The Bertz CT molecular complexity index is 1050. The summed E-state index contributed by atoms with van der Waals surface area (Å²) in [4.78, 5) is 16.7. The number of ether oxygens (including phenoxy) is 1. The number of fused-ring (bicyclic) bond motifs is 3. The molecule has 0 fully saturated rings. The molecule has 8 nitrogen and oxygen atoms in total. The first kappa shape index (κ1) is 12.5. The fourth-order valence-corrected chi connectivity index (χ4v) is 2.37. The Kier molecular flexibility index (Phi) is 2.62. The van der Waals surface area contributed by atoms with E-state index in [1.807, 2.05) is 12.1 Å². The Morgan fingerprint density at radius 2 is 2.00 bits per heavy atom. The van der Waals surface area contributed by atoms with Crippen molar-refractivity contribution in [2.24, 2.45) is 0 Å². The molecule has 108 valence electrons. The van der Waals surface area contributed by atoms with Crippen LogP contribution in [0.2, 0.25) is 0 Å². The Morgan fingerprint density at radius 1 is 1.14 bits per heavy atom. The molecule has 3 aromatic heterocycles. The van der Waals surface area contributed by atoms with Crippen molar-refractivity contribution in [2.45, 2.75) is 0 Å². The SMILES string of the molecule is COc1ccccc1-n1ccc2c(nnc3ncnn32)c1=O. The molecular weight excluding hydrogens is 284 g/mol. The van der Waals surface area contributed by atoms with E-state index in [9.17, 15) is 4.79 Å². The highest BCUT2D eigenvalue weighted by molar-refractivity contribution is 5.74. The number of para-hydroxylation sites is 2. The molecule has 0 amide bonds. The molecule has 0 spiro atoms. The van der Waals surface area contributed by atoms with E-state index in [4.69, 9.17) is 4.74 Å². The Morgan fingerprint density at radius 3 is 2.86 bits per heavy atom. The molecule has 0 saturated heterocycles. The van der Waals surface area contributed by atoms with Gasteiger partial charge in [0, 0.05) is 6.20 Å². The Balaban J connectivity index is 2.06. The summed E-state index contributed by atoms with van der Waals surface area (Å²) in [6.45, 7) is 0. The molecule has 0 radical (unpaired) electrons. The summed E-state index contributed by atoms with van der Waals surface area (Å²) in [5.41, 5.74) is 1.11. The van der Waals surface area contributed by atoms with Crippen LogP contribution in [0, 0.1) is 0 Å². The second kappa shape index (κ2) is 4.62. The maximum Gasteiger partial charge on any atom is 0.285 e. The quantitative estimate of drug-likeness (QED) is 0.544. The molecule has 0 aliphatic carbocycles. The van der Waals surface area contributed by atoms with Gasteiger partial charge in [-0.2, -0.15) is 14.6 Å². The predicted molar refractivity (Wildman–Crippen MR) is 78.2 cm³/mol. The van der Waals surface area contributed by atoms with Gasteiger partial charge in [-0.05, 0) is 18.2 Å². The van der Waals surface area contributed by atoms with Gasteiger partial charge in [-0.3, -0.25) is 9.36 Å². The van der Waals surface area contributed by atoms with Crippen molar-refractivity contribution in [2.75, 3.05) is 7.11 Å². The Labute approximate surface area is 123 Å². The molecule has 0 aliphatic rings. The number of rotatable bonds is 2. The van der Waals surface area contributed by atoms with Crippen molar-refractivity contribution >= 4 is 16.8 Å². The van der Waals surface area contributed by atoms with Gasteiger partial charge in [-0.1, -0.05) is 12.1 Å². The van der Waals surface area contributed by atoms with Crippen LogP contribution in [0.15, 0.2) is 47.7 Å². The molecule has 8 heteroatoms. The summed E-state index contributed by atoms with van der Waals surface area (Å²) >= 11 is 0. The lowest BCUT2D eigenvalue weighted by Crippen LogP contribution is -2.20. The molecule has 0 saturated carbocycles. The average molecular weight is 294 g/mol. The van der Waals surface area contributed by atoms with Crippen LogP contribution in [0.3, 0.4) is 0 Å². The van der Waals surface area contributed by atoms with E-state index in [1.165, 1.54) is 15.4 Å². The number of methoxy groups -OCH3 is 1. The van der Waals surface area contributed by atoms with Crippen molar-refractivity contribution in [3.63, 3.8) is 0 Å². The lowest BCUT2D eigenvalue weighted by Gasteiger charge is -2.11. The smallest absolute Gasteiger partial charge is 0.285 e. The standard InChI is InChI=1S/C14H10N6O2/c1-22-11-5-3-2-4-9(11)19-7-6-10-12(13(19)21)17-18-14-15-8-16-20(10)14/h2-8H,1H3. The van der Waals surface area contributed by atoms with Gasteiger partial charge in [-0.15, -0.1) is 10.2 Å². The normalized spacial score (nSPS) is 11.1. The molecule has 0 unspecified atom stereocenters. The minimum Gasteiger partial charge on any atom is -0.495 e. The third kappa shape index (κ3) is 1.67. The molecule has 0 aliphatic heterocycles. The van der Waals surface area contributed by atoms with Crippen LogP contribution in [-0.4, -0.2) is 36.5 Å². The summed E-state index contributed by atoms with van der Waals surface area (Å²) in [7, 11) is 1.56. The van der Waals surface area contributed by atoms with E-state index in [-0.39, 0.29) is 11.1 Å². The molecular formula is C14H10N6O2. The van der Waals surface area contributed by atoms with Crippen molar-refractivity contribution in [3.05, 3.63) is 53.2 Å². The molecule has 0 bridgehead atoms. The molecule has 0 atom stereocenters. The van der Waals surface area contributed by atoms with Gasteiger partial charge in [0.1, 0.15) is 17.6 Å². The van der Waals surface area contributed by atoms with Gasteiger partial charge in [0.2, 0.25) is 0 Å². The summed E-state index contributed by atoms with van der Waals surface area (Å²) in [5, 5.41) is 11.9. The van der Waals surface area contributed by atoms with Crippen molar-refractivity contribution < 1.29 is 4.74 Å². The topological polar surface area (TPSA) is 87.2 Å². The van der Waals surface area contributed by atoms with Crippen LogP contribution >= 0.6 is 0 Å². The van der Waals surface area contributed by atoms with E-state index in [0.717, 1.165) is 0 Å². The minimum atomic E-state index is -0.299. The first-order valence-corrected chi connectivity index (χ1v) is 6.51. The van der Waals surface area contributed by atoms with Gasteiger partial charge < -0.3 is 4.74 Å². The number of benzene rings is 1. The fourth-order valence-electron chi connectivity index (χ4n) is 2.37. The van der Waals surface area contributed by atoms with Crippen LogP contribution in [-0.2, 0) is 0 Å². The highest BCUT2D eigenvalue weighted by atomic mass is 16.5. The molecule has 22 heavy (non-hydrogen) atoms. The van der Waals surface area contributed by atoms with E-state index in [0.29, 0.717) is 22.7 Å². The maximum absolute atomic E-state index is 12.7.